The molecule has 122 valence electrons. The average Bonchev–Trinajstić information content (AvgIpc) is 2.54. The molecule has 0 atom stereocenters. The van der Waals surface area contributed by atoms with E-state index in [1.165, 1.54) is 11.1 Å². The van der Waals surface area contributed by atoms with Crippen molar-refractivity contribution in [3.63, 3.8) is 0 Å². The first-order valence-corrected chi connectivity index (χ1v) is 8.10. The quantitative estimate of drug-likeness (QED) is 0.655. The van der Waals surface area contributed by atoms with Crippen LogP contribution in [0.5, 0.6) is 0 Å². The molecule has 0 saturated heterocycles. The van der Waals surface area contributed by atoms with Gasteiger partial charge in [-0.25, -0.2) is 4.98 Å². The van der Waals surface area contributed by atoms with Crippen molar-refractivity contribution in [2.24, 2.45) is 0 Å². The molecule has 0 saturated carbocycles. The Bertz CT molecular complexity index is 860. The average molecular weight is 339 g/mol. The molecule has 5 heteroatoms. The predicted octanol–water partition coefficient (Wildman–Crippen LogP) is 5.54. The Morgan fingerprint density at radius 2 is 1.62 bits per heavy atom. The van der Waals surface area contributed by atoms with Gasteiger partial charge in [-0.15, -0.1) is 0 Å². The van der Waals surface area contributed by atoms with E-state index in [1.807, 2.05) is 49.4 Å². The van der Waals surface area contributed by atoms with Gasteiger partial charge in [0.15, 0.2) is 0 Å². The maximum Gasteiger partial charge on any atom is 0.229 e. The van der Waals surface area contributed by atoms with E-state index in [1.54, 1.807) is 0 Å². The highest BCUT2D eigenvalue weighted by molar-refractivity contribution is 6.30. The molecule has 0 radical (unpaired) electrons. The number of aromatic nitrogens is 2. The molecule has 0 unspecified atom stereocenters. The molecular formula is C19H19ClN4. The van der Waals surface area contributed by atoms with Crippen molar-refractivity contribution in [2.45, 2.75) is 20.8 Å². The third-order valence-electron chi connectivity index (χ3n) is 3.82. The van der Waals surface area contributed by atoms with Gasteiger partial charge in [-0.3, -0.25) is 0 Å². The van der Waals surface area contributed by atoms with Crippen LogP contribution >= 0.6 is 11.6 Å². The first-order chi connectivity index (χ1) is 11.5. The summed E-state index contributed by atoms with van der Waals surface area (Å²) in [7, 11) is 0. The molecule has 3 aromatic rings. The Morgan fingerprint density at radius 1 is 0.875 bits per heavy atom. The van der Waals surface area contributed by atoms with Crippen LogP contribution in [0.25, 0.3) is 0 Å². The van der Waals surface area contributed by atoms with Crippen LogP contribution in [0.3, 0.4) is 0 Å². The number of rotatable bonds is 4. The zero-order valence-corrected chi connectivity index (χ0v) is 14.6. The van der Waals surface area contributed by atoms with Crippen molar-refractivity contribution in [3.05, 3.63) is 70.4 Å². The number of hydrogen-bond acceptors (Lipinski definition) is 4. The largest absolute Gasteiger partial charge is 0.340 e. The number of hydrogen-bond donors (Lipinski definition) is 2. The highest BCUT2D eigenvalue weighted by Gasteiger charge is 2.06. The standard InChI is InChI=1S/C19H19ClN4/c1-12-5-4-6-17(14(12)3)23-19-21-13(2)11-18(24-19)22-16-9-7-15(20)8-10-16/h4-11H,1-3H3,(H2,21,22,23,24). The summed E-state index contributed by atoms with van der Waals surface area (Å²) >= 11 is 5.92. The van der Waals surface area contributed by atoms with Gasteiger partial charge in [0.05, 0.1) is 0 Å². The van der Waals surface area contributed by atoms with Gasteiger partial charge in [0.25, 0.3) is 0 Å². The predicted molar refractivity (Wildman–Crippen MR) is 101 cm³/mol. The molecule has 2 N–H and O–H groups in total. The van der Waals surface area contributed by atoms with Gasteiger partial charge < -0.3 is 10.6 Å². The Kier molecular flexibility index (Phi) is 4.67. The molecule has 0 aliphatic heterocycles. The molecule has 0 bridgehead atoms. The molecule has 4 nitrogen and oxygen atoms in total. The van der Waals surface area contributed by atoms with Gasteiger partial charge in [-0.1, -0.05) is 23.7 Å². The van der Waals surface area contributed by atoms with Crippen LogP contribution in [0, 0.1) is 20.8 Å². The van der Waals surface area contributed by atoms with Gasteiger partial charge >= 0.3 is 0 Å². The summed E-state index contributed by atoms with van der Waals surface area (Å²) in [5.74, 6) is 1.30. The van der Waals surface area contributed by atoms with Crippen molar-refractivity contribution in [1.82, 2.24) is 9.97 Å². The van der Waals surface area contributed by atoms with Crippen molar-refractivity contribution >= 4 is 34.7 Å². The first-order valence-electron chi connectivity index (χ1n) is 7.73. The van der Waals surface area contributed by atoms with Gasteiger partial charge in [-0.05, 0) is 62.2 Å². The number of nitrogens with zero attached hydrogens (tertiary/aromatic N) is 2. The summed E-state index contributed by atoms with van der Waals surface area (Å²) in [6, 6.07) is 15.6. The van der Waals surface area contributed by atoms with Gasteiger partial charge in [0, 0.05) is 28.2 Å². The number of halogens is 1. The van der Waals surface area contributed by atoms with Crippen molar-refractivity contribution < 1.29 is 0 Å². The summed E-state index contributed by atoms with van der Waals surface area (Å²) in [4.78, 5) is 9.02. The lowest BCUT2D eigenvalue weighted by Crippen LogP contribution is -2.03. The van der Waals surface area contributed by atoms with Gasteiger partial charge in [-0.2, -0.15) is 4.98 Å². The van der Waals surface area contributed by atoms with E-state index in [4.69, 9.17) is 11.6 Å². The van der Waals surface area contributed by atoms with E-state index in [-0.39, 0.29) is 0 Å². The minimum absolute atomic E-state index is 0.570. The summed E-state index contributed by atoms with van der Waals surface area (Å²) in [5.41, 5.74) is 5.24. The Morgan fingerprint density at radius 3 is 2.38 bits per heavy atom. The molecule has 2 aromatic carbocycles. The van der Waals surface area contributed by atoms with Crippen LogP contribution in [0.2, 0.25) is 5.02 Å². The second-order valence-electron chi connectivity index (χ2n) is 5.72. The molecule has 0 spiro atoms. The third kappa shape index (κ3) is 3.84. The summed E-state index contributed by atoms with van der Waals surface area (Å²) in [5, 5.41) is 7.29. The lowest BCUT2D eigenvalue weighted by atomic mass is 10.1. The second-order valence-corrected chi connectivity index (χ2v) is 6.16. The minimum atomic E-state index is 0.570. The Labute approximate surface area is 146 Å². The van der Waals surface area contributed by atoms with Gasteiger partial charge in [0.2, 0.25) is 5.95 Å². The highest BCUT2D eigenvalue weighted by Crippen LogP contribution is 2.23. The van der Waals surface area contributed by atoms with E-state index < -0.39 is 0 Å². The second kappa shape index (κ2) is 6.89. The first kappa shape index (κ1) is 16.3. The lowest BCUT2D eigenvalue weighted by molar-refractivity contribution is 1.10. The zero-order chi connectivity index (χ0) is 17.1. The van der Waals surface area contributed by atoms with Gasteiger partial charge in [0.1, 0.15) is 5.82 Å². The number of aryl methyl sites for hydroxylation is 2. The molecule has 0 fully saturated rings. The van der Waals surface area contributed by atoms with Crippen molar-refractivity contribution in [3.8, 4) is 0 Å². The van der Waals surface area contributed by atoms with Crippen molar-refractivity contribution in [2.75, 3.05) is 10.6 Å². The fourth-order valence-electron chi connectivity index (χ4n) is 2.38. The monoisotopic (exact) mass is 338 g/mol. The Balaban J connectivity index is 1.86. The fourth-order valence-corrected chi connectivity index (χ4v) is 2.50. The Hall–Kier alpha value is -2.59. The normalized spacial score (nSPS) is 10.5. The van der Waals surface area contributed by atoms with E-state index in [0.717, 1.165) is 22.9 Å². The molecule has 0 aliphatic carbocycles. The van der Waals surface area contributed by atoms with Crippen LogP contribution in [-0.4, -0.2) is 9.97 Å². The molecule has 0 amide bonds. The fraction of sp³-hybridized carbons (Fsp3) is 0.158. The molecule has 24 heavy (non-hydrogen) atoms. The zero-order valence-electron chi connectivity index (χ0n) is 13.9. The summed E-state index contributed by atoms with van der Waals surface area (Å²) < 4.78 is 0. The molecule has 1 aromatic heterocycles. The lowest BCUT2D eigenvalue weighted by Gasteiger charge is -2.12. The summed E-state index contributed by atoms with van der Waals surface area (Å²) in [6.45, 7) is 6.12. The third-order valence-corrected chi connectivity index (χ3v) is 4.07. The highest BCUT2D eigenvalue weighted by atomic mass is 35.5. The molecular weight excluding hydrogens is 320 g/mol. The van der Waals surface area contributed by atoms with E-state index in [2.05, 4.69) is 40.5 Å². The van der Waals surface area contributed by atoms with E-state index >= 15 is 0 Å². The maximum atomic E-state index is 5.92. The van der Waals surface area contributed by atoms with E-state index in [9.17, 15) is 0 Å². The molecule has 0 aliphatic rings. The smallest absolute Gasteiger partial charge is 0.229 e. The number of anilines is 4. The minimum Gasteiger partial charge on any atom is -0.340 e. The van der Waals surface area contributed by atoms with Crippen LogP contribution in [-0.2, 0) is 0 Å². The van der Waals surface area contributed by atoms with Crippen LogP contribution < -0.4 is 10.6 Å². The van der Waals surface area contributed by atoms with E-state index in [0.29, 0.717) is 11.0 Å². The maximum absolute atomic E-state index is 5.92. The van der Waals surface area contributed by atoms with Crippen LogP contribution in [0.1, 0.15) is 16.8 Å². The number of nitrogens with one attached hydrogen (secondary N) is 2. The van der Waals surface area contributed by atoms with Crippen LogP contribution in [0.4, 0.5) is 23.1 Å². The molecule has 1 heterocycles. The topological polar surface area (TPSA) is 49.8 Å². The molecule has 3 rings (SSSR count). The number of benzene rings is 2. The van der Waals surface area contributed by atoms with Crippen LogP contribution in [0.15, 0.2) is 48.5 Å². The summed E-state index contributed by atoms with van der Waals surface area (Å²) in [6.07, 6.45) is 0. The SMILES string of the molecule is Cc1cc(Nc2ccc(Cl)cc2)nc(Nc2cccc(C)c2C)n1. The van der Waals surface area contributed by atoms with Crippen molar-refractivity contribution in [1.29, 1.82) is 0 Å².